The van der Waals surface area contributed by atoms with Crippen molar-refractivity contribution in [2.75, 3.05) is 4.90 Å². The molecule has 0 heterocycles. The smallest absolute Gasteiger partial charge is 0.0713 e. The van der Waals surface area contributed by atoms with E-state index in [0.717, 1.165) is 12.8 Å². The van der Waals surface area contributed by atoms with E-state index < -0.39 is 5.41 Å². The van der Waals surface area contributed by atoms with Crippen molar-refractivity contribution in [1.29, 1.82) is 0 Å². The molecule has 0 aromatic heterocycles. The molecule has 322 valence electrons. The lowest BCUT2D eigenvalue weighted by molar-refractivity contribution is 0.490. The summed E-state index contributed by atoms with van der Waals surface area (Å²) in [5.74, 6) is 0. The van der Waals surface area contributed by atoms with Crippen LogP contribution < -0.4 is 4.90 Å². The first-order valence-corrected chi connectivity index (χ1v) is 23.7. The van der Waals surface area contributed by atoms with E-state index in [1.807, 2.05) is 0 Å². The van der Waals surface area contributed by atoms with Crippen LogP contribution >= 0.6 is 0 Å². The van der Waals surface area contributed by atoms with Crippen molar-refractivity contribution in [3.05, 3.63) is 244 Å². The number of hydrogen-bond acceptors (Lipinski definition) is 1. The Labute approximate surface area is 388 Å². The molecule has 65 heavy (non-hydrogen) atoms. The number of fused-ring (bicyclic) bond motifs is 6. The number of anilines is 3. The van der Waals surface area contributed by atoms with E-state index in [1.54, 1.807) is 0 Å². The molecule has 0 spiro atoms. The zero-order valence-electron chi connectivity index (χ0n) is 39.4. The Bertz CT molecular complexity index is 2940. The summed E-state index contributed by atoms with van der Waals surface area (Å²) in [6.45, 7) is 18.5. The minimum absolute atomic E-state index is 0.0795. The third-order valence-corrected chi connectivity index (χ3v) is 14.8. The van der Waals surface area contributed by atoms with Crippen molar-refractivity contribution in [3.8, 4) is 22.3 Å². The van der Waals surface area contributed by atoms with Gasteiger partial charge in [0.05, 0.1) is 5.41 Å². The monoisotopic (exact) mass is 843 g/mol. The van der Waals surface area contributed by atoms with Crippen molar-refractivity contribution in [2.24, 2.45) is 0 Å². The van der Waals surface area contributed by atoms with Gasteiger partial charge in [-0.15, -0.1) is 0 Å². The van der Waals surface area contributed by atoms with Crippen LogP contribution in [0.15, 0.2) is 188 Å². The quantitative estimate of drug-likeness (QED) is 0.131. The van der Waals surface area contributed by atoms with Crippen LogP contribution in [-0.2, 0) is 21.7 Å². The highest BCUT2D eigenvalue weighted by molar-refractivity contribution is 5.93. The lowest BCUT2D eigenvalue weighted by atomic mass is 9.67. The summed E-state index contributed by atoms with van der Waals surface area (Å²) in [5, 5.41) is 0. The second-order valence-corrected chi connectivity index (χ2v) is 20.4. The van der Waals surface area contributed by atoms with Gasteiger partial charge in [0.15, 0.2) is 0 Å². The molecule has 0 radical (unpaired) electrons. The highest BCUT2D eigenvalue weighted by Gasteiger charge is 2.46. The highest BCUT2D eigenvalue weighted by Crippen LogP contribution is 2.58. The molecular formula is C64H61N. The first-order chi connectivity index (χ1) is 31.4. The fraction of sp³-hybridized carbons (Fsp3) is 0.219. The van der Waals surface area contributed by atoms with E-state index in [1.165, 1.54) is 95.0 Å². The van der Waals surface area contributed by atoms with Crippen LogP contribution in [0.3, 0.4) is 0 Å². The van der Waals surface area contributed by atoms with E-state index in [-0.39, 0.29) is 16.2 Å². The van der Waals surface area contributed by atoms with Gasteiger partial charge in [-0.25, -0.2) is 0 Å². The molecule has 0 unspecified atom stereocenters. The maximum absolute atomic E-state index is 2.50. The Morgan fingerprint density at radius 1 is 0.415 bits per heavy atom. The molecule has 0 fully saturated rings. The van der Waals surface area contributed by atoms with Gasteiger partial charge >= 0.3 is 0 Å². The zero-order chi connectivity index (χ0) is 45.1. The standard InChI is InChI=1S/C64H61N/c1-9-63(10-2)58-42-44(28-30-45-20-19-27-57-60(45)55-25-17-18-26-56(55)64(57,48-21-13-11-14-22-48)49-23-15-12-16-24-49)29-40-53(58)54-41-39-52(43-59(54)63)65(50-35-31-46(32-36-50)61(3,4)5)51-37-33-47(34-38-51)62(6,7)8/h11-43H,9-10H2,1-8H3/b30-28+. The molecule has 0 aliphatic heterocycles. The highest BCUT2D eigenvalue weighted by atomic mass is 15.1. The fourth-order valence-corrected chi connectivity index (χ4v) is 11.3. The van der Waals surface area contributed by atoms with Crippen molar-refractivity contribution in [1.82, 2.24) is 0 Å². The van der Waals surface area contributed by atoms with E-state index in [2.05, 4.69) is 260 Å². The van der Waals surface area contributed by atoms with Crippen molar-refractivity contribution in [3.63, 3.8) is 0 Å². The van der Waals surface area contributed by atoms with Crippen LogP contribution in [0.4, 0.5) is 17.1 Å². The Hall–Kier alpha value is -6.70. The summed E-state index contributed by atoms with van der Waals surface area (Å²) in [4.78, 5) is 2.45. The van der Waals surface area contributed by atoms with Crippen LogP contribution in [0.1, 0.15) is 124 Å². The Balaban J connectivity index is 1.06. The van der Waals surface area contributed by atoms with Gasteiger partial charge in [0, 0.05) is 22.5 Å². The van der Waals surface area contributed by atoms with Gasteiger partial charge in [0.1, 0.15) is 0 Å². The predicted octanol–water partition coefficient (Wildman–Crippen LogP) is 17.4. The maximum atomic E-state index is 2.50. The van der Waals surface area contributed by atoms with E-state index in [0.29, 0.717) is 0 Å². The molecule has 10 rings (SSSR count). The zero-order valence-corrected chi connectivity index (χ0v) is 39.4. The number of hydrogen-bond donors (Lipinski definition) is 0. The lowest BCUT2D eigenvalue weighted by Crippen LogP contribution is -2.28. The van der Waals surface area contributed by atoms with Crippen molar-refractivity contribution < 1.29 is 0 Å². The molecule has 0 amide bonds. The largest absolute Gasteiger partial charge is 0.310 e. The van der Waals surface area contributed by atoms with Gasteiger partial charge < -0.3 is 4.90 Å². The van der Waals surface area contributed by atoms with Gasteiger partial charge in [-0.05, 0) is 138 Å². The van der Waals surface area contributed by atoms with Crippen molar-refractivity contribution in [2.45, 2.75) is 89.9 Å². The van der Waals surface area contributed by atoms with Gasteiger partial charge in [-0.1, -0.05) is 219 Å². The number of nitrogens with zero attached hydrogens (tertiary/aromatic N) is 1. The lowest BCUT2D eigenvalue weighted by Gasteiger charge is -2.33. The van der Waals surface area contributed by atoms with Gasteiger partial charge in [0.25, 0.3) is 0 Å². The number of rotatable bonds is 9. The molecule has 1 heteroatoms. The molecule has 2 aliphatic rings. The third kappa shape index (κ3) is 6.91. The Morgan fingerprint density at radius 2 is 0.908 bits per heavy atom. The van der Waals surface area contributed by atoms with Gasteiger partial charge in [0.2, 0.25) is 0 Å². The van der Waals surface area contributed by atoms with Crippen LogP contribution in [0, 0.1) is 0 Å². The van der Waals surface area contributed by atoms with Gasteiger partial charge in [-0.2, -0.15) is 0 Å². The maximum Gasteiger partial charge on any atom is 0.0713 e. The van der Waals surface area contributed by atoms with E-state index in [4.69, 9.17) is 0 Å². The molecule has 8 aromatic carbocycles. The molecule has 0 N–H and O–H groups in total. The Morgan fingerprint density at radius 3 is 1.46 bits per heavy atom. The van der Waals surface area contributed by atoms with Crippen LogP contribution in [0.5, 0.6) is 0 Å². The minimum atomic E-state index is -0.417. The Kier molecular flexibility index (Phi) is 10.5. The average molecular weight is 844 g/mol. The first kappa shape index (κ1) is 42.3. The van der Waals surface area contributed by atoms with Gasteiger partial charge in [-0.3, -0.25) is 0 Å². The summed E-state index contributed by atoms with van der Waals surface area (Å²) in [6.07, 6.45) is 6.74. The summed E-state index contributed by atoms with van der Waals surface area (Å²) in [5.41, 5.74) is 21.7. The van der Waals surface area contributed by atoms with Crippen LogP contribution in [0.25, 0.3) is 34.4 Å². The van der Waals surface area contributed by atoms with Crippen molar-refractivity contribution >= 4 is 29.2 Å². The SMILES string of the molecule is CCC1(CC)c2cc(/C=C/c3cccc4c3-c3ccccc3C4(c3ccccc3)c3ccccc3)ccc2-c2ccc(N(c3ccc(C(C)(C)C)cc3)c3ccc(C(C)(C)C)cc3)cc21. The molecule has 2 aliphatic carbocycles. The summed E-state index contributed by atoms with van der Waals surface area (Å²) < 4.78 is 0. The summed E-state index contributed by atoms with van der Waals surface area (Å²) in [7, 11) is 0. The second kappa shape index (κ2) is 16.1. The molecule has 0 bridgehead atoms. The second-order valence-electron chi connectivity index (χ2n) is 20.4. The molecular weight excluding hydrogens is 783 g/mol. The normalized spacial score (nSPS) is 14.5. The fourth-order valence-electron chi connectivity index (χ4n) is 11.3. The summed E-state index contributed by atoms with van der Waals surface area (Å²) in [6, 6.07) is 71.0. The average Bonchev–Trinajstić information content (AvgIpc) is 3.79. The minimum Gasteiger partial charge on any atom is -0.310 e. The topological polar surface area (TPSA) is 3.24 Å². The molecule has 0 saturated heterocycles. The molecule has 8 aromatic rings. The van der Waals surface area contributed by atoms with E-state index in [9.17, 15) is 0 Å². The first-order valence-electron chi connectivity index (χ1n) is 23.7. The number of benzene rings is 8. The molecule has 0 atom stereocenters. The van der Waals surface area contributed by atoms with E-state index >= 15 is 0 Å². The van der Waals surface area contributed by atoms with Crippen LogP contribution in [-0.4, -0.2) is 0 Å². The molecule has 0 saturated carbocycles. The molecule has 1 nitrogen and oxygen atoms in total. The van der Waals surface area contributed by atoms with Crippen LogP contribution in [0.2, 0.25) is 0 Å². The third-order valence-electron chi connectivity index (χ3n) is 14.8. The predicted molar refractivity (Wildman–Crippen MR) is 278 cm³/mol. The summed E-state index contributed by atoms with van der Waals surface area (Å²) >= 11 is 0.